The highest BCUT2D eigenvalue weighted by Gasteiger charge is 2.23. The molecule has 2 aromatic carbocycles. The van der Waals surface area contributed by atoms with Crippen molar-refractivity contribution in [3.05, 3.63) is 54.1 Å². The van der Waals surface area contributed by atoms with Gasteiger partial charge < -0.3 is 11.1 Å². The van der Waals surface area contributed by atoms with Gasteiger partial charge in [0.25, 0.3) is 5.91 Å². The molecule has 4 nitrogen and oxygen atoms in total. The zero-order valence-electron chi connectivity index (χ0n) is 13.6. The maximum atomic E-state index is 12.5. The van der Waals surface area contributed by atoms with E-state index in [1.807, 2.05) is 42.5 Å². The summed E-state index contributed by atoms with van der Waals surface area (Å²) in [4.78, 5) is 24.6. The number of benzene rings is 2. The number of hydrogen-bond acceptors (Lipinski definition) is 2. The highest BCUT2D eigenvalue weighted by Crippen LogP contribution is 2.30. The molecule has 0 unspecified atom stereocenters. The lowest BCUT2D eigenvalue weighted by Crippen LogP contribution is -2.26. The van der Waals surface area contributed by atoms with Gasteiger partial charge in [-0.15, -0.1) is 0 Å². The van der Waals surface area contributed by atoms with Crippen molar-refractivity contribution in [1.29, 1.82) is 0 Å². The van der Waals surface area contributed by atoms with E-state index in [9.17, 15) is 9.59 Å². The summed E-state index contributed by atoms with van der Waals surface area (Å²) >= 11 is 0. The standard InChI is InChI=1S/C20H22N2O2/c21-19(23)18-16(14-8-3-1-4-9-14)12-7-13-17(18)22-20(24)15-10-5-2-6-11-15/h1,3-4,7-9,12-13,15H,2,5-6,10-11H2,(H2,21,23)(H,22,24). The van der Waals surface area contributed by atoms with Crippen LogP contribution in [0.2, 0.25) is 0 Å². The molecule has 0 atom stereocenters. The monoisotopic (exact) mass is 322 g/mol. The third-order valence-electron chi connectivity index (χ3n) is 4.63. The predicted molar refractivity (Wildman–Crippen MR) is 95.6 cm³/mol. The van der Waals surface area contributed by atoms with Crippen molar-refractivity contribution in [2.45, 2.75) is 32.1 Å². The molecule has 1 fully saturated rings. The van der Waals surface area contributed by atoms with Gasteiger partial charge in [-0.05, 0) is 30.0 Å². The zero-order chi connectivity index (χ0) is 16.9. The predicted octanol–water partition coefficient (Wildman–Crippen LogP) is 3.97. The maximum absolute atomic E-state index is 12.5. The van der Waals surface area contributed by atoms with E-state index in [0.29, 0.717) is 11.3 Å². The first-order valence-electron chi connectivity index (χ1n) is 8.46. The lowest BCUT2D eigenvalue weighted by atomic mass is 9.88. The summed E-state index contributed by atoms with van der Waals surface area (Å²) in [5, 5.41) is 2.93. The largest absolute Gasteiger partial charge is 0.366 e. The third-order valence-corrected chi connectivity index (χ3v) is 4.63. The highest BCUT2D eigenvalue weighted by atomic mass is 16.2. The highest BCUT2D eigenvalue weighted by molar-refractivity contribution is 6.08. The Balaban J connectivity index is 1.93. The van der Waals surface area contributed by atoms with E-state index >= 15 is 0 Å². The zero-order valence-corrected chi connectivity index (χ0v) is 13.6. The van der Waals surface area contributed by atoms with E-state index in [1.165, 1.54) is 6.42 Å². The van der Waals surface area contributed by atoms with Crippen molar-refractivity contribution in [2.24, 2.45) is 11.7 Å². The third kappa shape index (κ3) is 3.48. The summed E-state index contributed by atoms with van der Waals surface area (Å²) < 4.78 is 0. The van der Waals surface area contributed by atoms with Gasteiger partial charge in [0.1, 0.15) is 0 Å². The molecule has 0 radical (unpaired) electrons. The van der Waals surface area contributed by atoms with Gasteiger partial charge in [0.2, 0.25) is 5.91 Å². The van der Waals surface area contributed by atoms with E-state index in [4.69, 9.17) is 5.73 Å². The van der Waals surface area contributed by atoms with Crippen LogP contribution in [-0.2, 0) is 4.79 Å². The summed E-state index contributed by atoms with van der Waals surface area (Å²) in [6, 6.07) is 15.0. The van der Waals surface area contributed by atoms with Crippen molar-refractivity contribution in [1.82, 2.24) is 0 Å². The molecule has 1 saturated carbocycles. The van der Waals surface area contributed by atoms with Gasteiger partial charge in [0, 0.05) is 5.92 Å². The molecule has 0 spiro atoms. The summed E-state index contributed by atoms with van der Waals surface area (Å²) in [5.74, 6) is -0.518. The summed E-state index contributed by atoms with van der Waals surface area (Å²) in [7, 11) is 0. The van der Waals surface area contributed by atoms with Gasteiger partial charge in [0.15, 0.2) is 0 Å². The fourth-order valence-electron chi connectivity index (χ4n) is 3.38. The van der Waals surface area contributed by atoms with Crippen molar-refractivity contribution in [3.8, 4) is 11.1 Å². The van der Waals surface area contributed by atoms with Crippen LogP contribution in [0.15, 0.2) is 48.5 Å². The van der Waals surface area contributed by atoms with E-state index in [-0.39, 0.29) is 11.8 Å². The molecule has 4 heteroatoms. The first kappa shape index (κ1) is 16.2. The first-order valence-corrected chi connectivity index (χ1v) is 8.46. The first-order chi connectivity index (χ1) is 11.7. The Bertz CT molecular complexity index is 735. The smallest absolute Gasteiger partial charge is 0.251 e. The lowest BCUT2D eigenvalue weighted by Gasteiger charge is -2.22. The molecule has 3 rings (SSSR count). The van der Waals surface area contributed by atoms with Crippen molar-refractivity contribution in [2.75, 3.05) is 5.32 Å². The van der Waals surface area contributed by atoms with E-state index < -0.39 is 5.91 Å². The van der Waals surface area contributed by atoms with Crippen LogP contribution < -0.4 is 11.1 Å². The minimum Gasteiger partial charge on any atom is -0.366 e. The van der Waals surface area contributed by atoms with Crippen LogP contribution in [0.1, 0.15) is 42.5 Å². The molecular formula is C20H22N2O2. The molecule has 0 aliphatic heterocycles. The quantitative estimate of drug-likeness (QED) is 0.894. The topological polar surface area (TPSA) is 72.2 Å². The number of carbonyl (C=O) groups excluding carboxylic acids is 2. The second-order valence-corrected chi connectivity index (χ2v) is 6.28. The van der Waals surface area contributed by atoms with Crippen LogP contribution in [0.3, 0.4) is 0 Å². The van der Waals surface area contributed by atoms with Gasteiger partial charge in [-0.3, -0.25) is 9.59 Å². The number of primary amides is 1. The molecule has 1 aliphatic carbocycles. The SMILES string of the molecule is NC(=O)c1c(NC(=O)C2CCCCC2)cccc1-c1ccccc1. The molecule has 0 heterocycles. The van der Waals surface area contributed by atoms with Gasteiger partial charge >= 0.3 is 0 Å². The van der Waals surface area contributed by atoms with Crippen LogP contribution in [0.25, 0.3) is 11.1 Å². The maximum Gasteiger partial charge on any atom is 0.251 e. The Morgan fingerprint density at radius 2 is 1.62 bits per heavy atom. The molecule has 0 saturated heterocycles. The summed E-state index contributed by atoms with van der Waals surface area (Å²) in [6.45, 7) is 0. The number of nitrogens with one attached hydrogen (secondary N) is 1. The molecule has 1 aliphatic rings. The number of anilines is 1. The Kier molecular flexibility index (Phi) is 4.94. The fourth-order valence-corrected chi connectivity index (χ4v) is 3.38. The molecule has 0 aromatic heterocycles. The van der Waals surface area contributed by atoms with E-state index in [2.05, 4.69) is 5.32 Å². The molecular weight excluding hydrogens is 300 g/mol. The Morgan fingerprint density at radius 3 is 2.29 bits per heavy atom. The van der Waals surface area contributed by atoms with Crippen LogP contribution in [0, 0.1) is 5.92 Å². The average molecular weight is 322 g/mol. The lowest BCUT2D eigenvalue weighted by molar-refractivity contribution is -0.120. The molecule has 0 bridgehead atoms. The minimum absolute atomic E-state index is 0.0117. The Morgan fingerprint density at radius 1 is 0.917 bits per heavy atom. The number of nitrogens with two attached hydrogens (primary N) is 1. The second-order valence-electron chi connectivity index (χ2n) is 6.28. The number of rotatable bonds is 4. The summed E-state index contributed by atoms with van der Waals surface area (Å²) in [5.41, 5.74) is 8.13. The van der Waals surface area contributed by atoms with Crippen molar-refractivity contribution in [3.63, 3.8) is 0 Å². The van der Waals surface area contributed by atoms with E-state index in [0.717, 1.165) is 36.8 Å². The fraction of sp³-hybridized carbons (Fsp3) is 0.300. The van der Waals surface area contributed by atoms with Crippen LogP contribution >= 0.6 is 0 Å². The normalized spacial score (nSPS) is 15.0. The Hall–Kier alpha value is -2.62. The summed E-state index contributed by atoms with van der Waals surface area (Å²) in [6.07, 6.45) is 5.20. The number of amides is 2. The number of hydrogen-bond donors (Lipinski definition) is 2. The van der Waals surface area contributed by atoms with Gasteiger partial charge in [0.05, 0.1) is 11.3 Å². The molecule has 124 valence electrons. The van der Waals surface area contributed by atoms with Crippen LogP contribution in [-0.4, -0.2) is 11.8 Å². The molecule has 3 N–H and O–H groups in total. The number of carbonyl (C=O) groups is 2. The van der Waals surface area contributed by atoms with Crippen LogP contribution in [0.5, 0.6) is 0 Å². The van der Waals surface area contributed by atoms with Crippen LogP contribution in [0.4, 0.5) is 5.69 Å². The average Bonchev–Trinajstić information content (AvgIpc) is 2.62. The van der Waals surface area contributed by atoms with E-state index in [1.54, 1.807) is 6.07 Å². The van der Waals surface area contributed by atoms with Gasteiger partial charge in [-0.25, -0.2) is 0 Å². The van der Waals surface area contributed by atoms with Crippen molar-refractivity contribution >= 4 is 17.5 Å². The van der Waals surface area contributed by atoms with Gasteiger partial charge in [-0.2, -0.15) is 0 Å². The van der Waals surface area contributed by atoms with Crippen molar-refractivity contribution < 1.29 is 9.59 Å². The molecule has 2 amide bonds. The second kappa shape index (κ2) is 7.30. The molecule has 24 heavy (non-hydrogen) atoms. The Labute approximate surface area is 142 Å². The minimum atomic E-state index is -0.534. The molecule has 2 aromatic rings. The van der Waals surface area contributed by atoms with Gasteiger partial charge in [-0.1, -0.05) is 61.7 Å².